The van der Waals surface area contributed by atoms with Crippen molar-refractivity contribution in [3.63, 3.8) is 0 Å². The fraction of sp³-hybridized carbons (Fsp3) is 0.261. The van der Waals surface area contributed by atoms with Crippen LogP contribution in [0.5, 0.6) is 0 Å². The fourth-order valence-corrected chi connectivity index (χ4v) is 3.03. The molecule has 0 aliphatic carbocycles. The Morgan fingerprint density at radius 2 is 1.76 bits per heavy atom. The van der Waals surface area contributed by atoms with Crippen LogP contribution >= 0.6 is 0 Å². The summed E-state index contributed by atoms with van der Waals surface area (Å²) in [5, 5.41) is 3.19. The summed E-state index contributed by atoms with van der Waals surface area (Å²) in [6, 6.07) is 19.5. The van der Waals surface area contributed by atoms with Gasteiger partial charge in [-0.3, -0.25) is 0 Å². The number of benzene rings is 2. The zero-order chi connectivity index (χ0) is 20.6. The molecule has 0 saturated carbocycles. The second-order valence-corrected chi connectivity index (χ2v) is 6.58. The lowest BCUT2D eigenvalue weighted by Gasteiger charge is -2.23. The maximum absolute atomic E-state index is 12.2. The van der Waals surface area contributed by atoms with E-state index in [1.165, 1.54) is 5.56 Å². The first kappa shape index (κ1) is 20.3. The first-order chi connectivity index (χ1) is 14.1. The molecule has 0 atom stereocenters. The van der Waals surface area contributed by atoms with Crippen LogP contribution in [0.25, 0.3) is 0 Å². The molecule has 1 heterocycles. The lowest BCUT2D eigenvalue weighted by atomic mass is 10.2. The Morgan fingerprint density at radius 1 is 1.03 bits per heavy atom. The number of rotatable bonds is 8. The van der Waals surface area contributed by atoms with E-state index in [-0.39, 0.29) is 5.97 Å². The van der Waals surface area contributed by atoms with E-state index in [1.807, 2.05) is 43.3 Å². The molecule has 0 amide bonds. The van der Waals surface area contributed by atoms with E-state index < -0.39 is 0 Å². The van der Waals surface area contributed by atoms with Crippen molar-refractivity contribution >= 4 is 23.4 Å². The Balaban J connectivity index is 1.87. The van der Waals surface area contributed by atoms with Crippen LogP contribution in [0.1, 0.15) is 35.5 Å². The van der Waals surface area contributed by atoms with Gasteiger partial charge >= 0.3 is 5.97 Å². The second kappa shape index (κ2) is 9.68. The summed E-state index contributed by atoms with van der Waals surface area (Å²) in [6.07, 6.45) is 0. The van der Waals surface area contributed by atoms with E-state index in [0.717, 1.165) is 24.6 Å². The smallest absolute Gasteiger partial charge is 0.340 e. The Hall–Kier alpha value is -3.41. The van der Waals surface area contributed by atoms with Crippen LogP contribution in [0.4, 0.5) is 17.5 Å². The van der Waals surface area contributed by atoms with E-state index in [1.54, 1.807) is 19.1 Å². The number of carbonyl (C=O) groups excluding carboxylic acids is 1. The summed E-state index contributed by atoms with van der Waals surface area (Å²) in [4.78, 5) is 23.6. The van der Waals surface area contributed by atoms with Crippen molar-refractivity contribution in [2.45, 2.75) is 27.3 Å². The van der Waals surface area contributed by atoms with Gasteiger partial charge in [-0.15, -0.1) is 0 Å². The molecule has 0 unspecified atom stereocenters. The minimum Gasteiger partial charge on any atom is -0.462 e. The highest BCUT2D eigenvalue weighted by atomic mass is 16.5. The molecule has 0 bridgehead atoms. The van der Waals surface area contributed by atoms with Gasteiger partial charge in [-0.25, -0.2) is 9.78 Å². The lowest BCUT2D eigenvalue weighted by Crippen LogP contribution is -2.23. The number of anilines is 3. The molecule has 0 saturated heterocycles. The summed E-state index contributed by atoms with van der Waals surface area (Å²) in [5.41, 5.74) is 3.14. The summed E-state index contributed by atoms with van der Waals surface area (Å²) < 4.78 is 5.15. The van der Waals surface area contributed by atoms with Crippen LogP contribution in [-0.2, 0) is 11.3 Å². The predicted octanol–water partition coefficient (Wildman–Crippen LogP) is 4.73. The number of aromatic nitrogens is 2. The maximum Gasteiger partial charge on any atom is 0.340 e. The molecule has 6 heteroatoms. The van der Waals surface area contributed by atoms with Crippen molar-refractivity contribution < 1.29 is 9.53 Å². The van der Waals surface area contributed by atoms with Crippen molar-refractivity contribution in [1.82, 2.24) is 9.97 Å². The summed E-state index contributed by atoms with van der Waals surface area (Å²) in [5.74, 6) is 0.908. The number of aryl methyl sites for hydroxylation is 1. The molecule has 29 heavy (non-hydrogen) atoms. The van der Waals surface area contributed by atoms with E-state index in [4.69, 9.17) is 9.72 Å². The van der Waals surface area contributed by atoms with Crippen molar-refractivity contribution in [2.75, 3.05) is 23.4 Å². The molecule has 0 aliphatic heterocycles. The van der Waals surface area contributed by atoms with E-state index in [2.05, 4.69) is 34.3 Å². The third-order valence-electron chi connectivity index (χ3n) is 4.43. The zero-order valence-corrected chi connectivity index (χ0v) is 17.1. The molecule has 0 spiro atoms. The van der Waals surface area contributed by atoms with Crippen LogP contribution in [-0.4, -0.2) is 29.1 Å². The Bertz CT molecular complexity index is 960. The molecule has 3 aromatic rings. The molecule has 1 aromatic heterocycles. The van der Waals surface area contributed by atoms with Crippen molar-refractivity contribution in [3.8, 4) is 0 Å². The predicted molar refractivity (Wildman–Crippen MR) is 116 cm³/mol. The molecular formula is C23H26N4O2. The molecule has 0 aliphatic rings. The lowest BCUT2D eigenvalue weighted by molar-refractivity contribution is 0.0527. The van der Waals surface area contributed by atoms with Gasteiger partial charge in [0.1, 0.15) is 5.82 Å². The monoisotopic (exact) mass is 390 g/mol. The van der Waals surface area contributed by atoms with Gasteiger partial charge in [0.15, 0.2) is 0 Å². The minimum atomic E-state index is -0.372. The quantitative estimate of drug-likeness (QED) is 0.561. The Labute approximate surface area is 171 Å². The number of hydrogen-bond donors (Lipinski definition) is 1. The van der Waals surface area contributed by atoms with Gasteiger partial charge in [-0.2, -0.15) is 4.98 Å². The van der Waals surface area contributed by atoms with Crippen molar-refractivity contribution in [2.24, 2.45) is 0 Å². The average molecular weight is 390 g/mol. The fourth-order valence-electron chi connectivity index (χ4n) is 3.03. The Kier molecular flexibility index (Phi) is 6.79. The topological polar surface area (TPSA) is 67.3 Å². The Morgan fingerprint density at radius 3 is 2.48 bits per heavy atom. The largest absolute Gasteiger partial charge is 0.462 e. The number of carbonyl (C=O) groups is 1. The summed E-state index contributed by atoms with van der Waals surface area (Å²) >= 11 is 0. The first-order valence-electron chi connectivity index (χ1n) is 9.78. The minimum absolute atomic E-state index is 0.323. The molecule has 3 rings (SSSR count). The average Bonchev–Trinajstić information content (AvgIpc) is 2.73. The van der Waals surface area contributed by atoms with Crippen LogP contribution in [0.2, 0.25) is 0 Å². The summed E-state index contributed by atoms with van der Waals surface area (Å²) in [7, 11) is 0. The van der Waals surface area contributed by atoms with Crippen molar-refractivity contribution in [1.29, 1.82) is 0 Å². The SMILES string of the molecule is CCOC(=O)c1ccccc1Nc1nc(C)cc(N(CC)Cc2ccccc2)n1. The number of nitrogens with one attached hydrogen (secondary N) is 1. The third kappa shape index (κ3) is 5.31. The van der Waals surface area contributed by atoms with Gasteiger partial charge in [0.25, 0.3) is 0 Å². The van der Waals surface area contributed by atoms with Crippen LogP contribution in [0, 0.1) is 6.92 Å². The van der Waals surface area contributed by atoms with Crippen molar-refractivity contribution in [3.05, 3.63) is 77.5 Å². The molecule has 150 valence electrons. The number of ether oxygens (including phenoxy) is 1. The second-order valence-electron chi connectivity index (χ2n) is 6.58. The molecule has 2 aromatic carbocycles. The highest BCUT2D eigenvalue weighted by Gasteiger charge is 2.14. The third-order valence-corrected chi connectivity index (χ3v) is 4.43. The molecular weight excluding hydrogens is 364 g/mol. The molecule has 1 N–H and O–H groups in total. The number of para-hydroxylation sites is 1. The van der Waals surface area contributed by atoms with Crippen LogP contribution in [0.15, 0.2) is 60.7 Å². The van der Waals surface area contributed by atoms with E-state index in [0.29, 0.717) is 23.8 Å². The normalized spacial score (nSPS) is 10.4. The molecule has 0 radical (unpaired) electrons. The van der Waals surface area contributed by atoms with E-state index >= 15 is 0 Å². The standard InChI is InChI=1S/C23H26N4O2/c1-4-27(16-18-11-7-6-8-12-18)21-15-17(3)24-23(26-21)25-20-14-10-9-13-19(20)22(28)29-5-2/h6-15H,4-5,16H2,1-3H3,(H,24,25,26). The maximum atomic E-state index is 12.2. The van der Waals surface area contributed by atoms with Gasteiger partial charge in [0.2, 0.25) is 5.95 Å². The molecule has 6 nitrogen and oxygen atoms in total. The summed E-state index contributed by atoms with van der Waals surface area (Å²) in [6.45, 7) is 7.71. The van der Waals surface area contributed by atoms with E-state index in [9.17, 15) is 4.79 Å². The number of esters is 1. The number of nitrogens with zero attached hydrogens (tertiary/aromatic N) is 3. The van der Waals surface area contributed by atoms with Gasteiger partial charge in [-0.1, -0.05) is 42.5 Å². The van der Waals surface area contributed by atoms with Crippen LogP contribution < -0.4 is 10.2 Å². The number of hydrogen-bond acceptors (Lipinski definition) is 6. The van der Waals surface area contributed by atoms with Gasteiger partial charge in [-0.05, 0) is 38.5 Å². The first-order valence-corrected chi connectivity index (χ1v) is 9.78. The zero-order valence-electron chi connectivity index (χ0n) is 17.1. The highest BCUT2D eigenvalue weighted by Crippen LogP contribution is 2.23. The van der Waals surface area contributed by atoms with Gasteiger partial charge in [0.05, 0.1) is 17.9 Å². The van der Waals surface area contributed by atoms with Crippen LogP contribution in [0.3, 0.4) is 0 Å². The van der Waals surface area contributed by atoms with Gasteiger partial charge in [0, 0.05) is 24.8 Å². The van der Waals surface area contributed by atoms with Gasteiger partial charge < -0.3 is 15.0 Å². The highest BCUT2D eigenvalue weighted by molar-refractivity contribution is 5.96. The molecule has 0 fully saturated rings.